The minimum atomic E-state index is 0.0561. The molecule has 0 unspecified atom stereocenters. The van der Waals surface area contributed by atoms with Crippen molar-refractivity contribution in [3.05, 3.63) is 38.5 Å². The summed E-state index contributed by atoms with van der Waals surface area (Å²) in [6.07, 6.45) is 6.90. The topological polar surface area (TPSA) is 65.1 Å². The highest BCUT2D eigenvalue weighted by Gasteiger charge is 2.30. The molecule has 0 radical (unpaired) electrons. The van der Waals surface area contributed by atoms with E-state index in [0.717, 1.165) is 41.0 Å². The van der Waals surface area contributed by atoms with E-state index < -0.39 is 0 Å². The first kappa shape index (κ1) is 16.5. The molecule has 3 heterocycles. The molecule has 1 fully saturated rings. The van der Waals surface area contributed by atoms with Crippen molar-refractivity contribution in [3.8, 4) is 0 Å². The minimum absolute atomic E-state index is 0.0561. The molecular weight excluding hydrogens is 366 g/mol. The molecule has 2 aliphatic rings. The average Bonchev–Trinajstić information content (AvgIpc) is 3.29. The van der Waals surface area contributed by atoms with Crippen molar-refractivity contribution >= 4 is 28.1 Å². The van der Waals surface area contributed by atoms with Gasteiger partial charge >= 0.3 is 0 Å². The molecule has 0 atom stereocenters. The van der Waals surface area contributed by atoms with Crippen molar-refractivity contribution in [2.24, 2.45) is 0 Å². The Labute approximate surface area is 159 Å². The molecular formula is C18H21N5OS2. The summed E-state index contributed by atoms with van der Waals surface area (Å²) < 4.78 is 4.03. The first-order valence-electron chi connectivity index (χ1n) is 9.33. The van der Waals surface area contributed by atoms with E-state index in [1.807, 2.05) is 4.40 Å². The molecule has 5 rings (SSSR count). The van der Waals surface area contributed by atoms with Crippen molar-refractivity contribution in [1.29, 1.82) is 0 Å². The summed E-state index contributed by atoms with van der Waals surface area (Å²) in [5.41, 5.74) is 2.07. The number of hydrogen-bond acceptors (Lipinski definition) is 6. The zero-order valence-corrected chi connectivity index (χ0v) is 16.4. The van der Waals surface area contributed by atoms with Crippen LogP contribution < -0.4 is 5.56 Å². The van der Waals surface area contributed by atoms with Crippen molar-refractivity contribution in [3.63, 3.8) is 0 Å². The Balaban J connectivity index is 1.42. The molecule has 136 valence electrons. The second-order valence-corrected chi connectivity index (χ2v) is 9.04. The molecule has 8 heteroatoms. The fourth-order valence-electron chi connectivity index (χ4n) is 3.70. The maximum Gasteiger partial charge on any atom is 0.259 e. The predicted octanol–water partition coefficient (Wildman–Crippen LogP) is 3.42. The lowest BCUT2D eigenvalue weighted by atomic mass is 10.0. The standard InChI is InChI=1S/C18H21N5OS2/c1-2-22-16(11-7-8-11)20-21-18(22)25-10-12-9-15(24)23-13-5-3-4-6-14(13)26-17(23)19-12/h9,11H,2-8,10H2,1H3. The van der Waals surface area contributed by atoms with E-state index in [2.05, 4.69) is 21.7 Å². The van der Waals surface area contributed by atoms with Crippen molar-refractivity contribution in [2.45, 2.75) is 68.8 Å². The smallest absolute Gasteiger partial charge is 0.259 e. The van der Waals surface area contributed by atoms with Gasteiger partial charge in [0.2, 0.25) is 0 Å². The van der Waals surface area contributed by atoms with Crippen LogP contribution in [0.4, 0.5) is 0 Å². The van der Waals surface area contributed by atoms with Gasteiger partial charge in [-0.2, -0.15) is 0 Å². The lowest BCUT2D eigenvalue weighted by molar-refractivity contribution is 0.643. The SMILES string of the molecule is CCn1c(SCc2cc(=O)n3c4c(sc3n2)CCCC4)nnc1C1CC1. The number of rotatable bonds is 5. The summed E-state index contributed by atoms with van der Waals surface area (Å²) in [6.45, 7) is 3.01. The van der Waals surface area contributed by atoms with E-state index in [-0.39, 0.29) is 5.56 Å². The molecule has 1 saturated carbocycles. The maximum absolute atomic E-state index is 12.7. The van der Waals surface area contributed by atoms with Gasteiger partial charge in [-0.15, -0.1) is 21.5 Å². The number of nitrogens with zero attached hydrogens (tertiary/aromatic N) is 5. The van der Waals surface area contributed by atoms with E-state index >= 15 is 0 Å². The second-order valence-electron chi connectivity index (χ2n) is 7.03. The molecule has 2 aliphatic carbocycles. The van der Waals surface area contributed by atoms with Gasteiger partial charge in [0.05, 0.1) is 5.69 Å². The van der Waals surface area contributed by atoms with Crippen LogP contribution in [0.1, 0.15) is 60.6 Å². The summed E-state index contributed by atoms with van der Waals surface area (Å²) in [5, 5.41) is 9.68. The van der Waals surface area contributed by atoms with Gasteiger partial charge in [-0.05, 0) is 45.4 Å². The monoisotopic (exact) mass is 387 g/mol. The van der Waals surface area contributed by atoms with Gasteiger partial charge < -0.3 is 4.57 Å². The summed E-state index contributed by atoms with van der Waals surface area (Å²) in [5.74, 6) is 2.36. The quantitative estimate of drug-likeness (QED) is 0.628. The second kappa shape index (κ2) is 6.49. The first-order valence-corrected chi connectivity index (χ1v) is 11.1. The van der Waals surface area contributed by atoms with E-state index in [4.69, 9.17) is 4.98 Å². The van der Waals surface area contributed by atoms with Crippen LogP contribution in [0.15, 0.2) is 16.0 Å². The number of thiazole rings is 1. The Morgan fingerprint density at radius 1 is 1.27 bits per heavy atom. The number of aryl methyl sites for hydroxylation is 2. The zero-order valence-electron chi connectivity index (χ0n) is 14.8. The Hall–Kier alpha value is -1.67. The maximum atomic E-state index is 12.7. The molecule has 0 amide bonds. The van der Waals surface area contributed by atoms with Gasteiger partial charge in [-0.1, -0.05) is 11.8 Å². The molecule has 3 aromatic heterocycles. The third-order valence-electron chi connectivity index (χ3n) is 5.17. The van der Waals surface area contributed by atoms with Crippen LogP contribution in [0.25, 0.3) is 4.96 Å². The highest BCUT2D eigenvalue weighted by molar-refractivity contribution is 7.98. The third kappa shape index (κ3) is 2.79. The van der Waals surface area contributed by atoms with E-state index in [1.54, 1.807) is 29.2 Å². The number of fused-ring (bicyclic) bond motifs is 3. The zero-order chi connectivity index (χ0) is 17.7. The fraction of sp³-hybridized carbons (Fsp3) is 0.556. The van der Waals surface area contributed by atoms with Crippen molar-refractivity contribution in [1.82, 2.24) is 24.1 Å². The average molecular weight is 388 g/mol. The third-order valence-corrected chi connectivity index (χ3v) is 7.31. The first-order chi connectivity index (χ1) is 12.7. The minimum Gasteiger partial charge on any atom is -0.306 e. The van der Waals surface area contributed by atoms with Crippen LogP contribution in [-0.2, 0) is 25.1 Å². The van der Waals surface area contributed by atoms with Crippen LogP contribution in [0, 0.1) is 0 Å². The Morgan fingerprint density at radius 2 is 2.12 bits per heavy atom. The molecule has 6 nitrogen and oxygen atoms in total. The largest absolute Gasteiger partial charge is 0.306 e. The molecule has 0 bridgehead atoms. The summed E-state index contributed by atoms with van der Waals surface area (Å²) in [6, 6.07) is 1.69. The molecule has 0 spiro atoms. The number of hydrogen-bond donors (Lipinski definition) is 0. The highest BCUT2D eigenvalue weighted by Crippen LogP contribution is 2.40. The van der Waals surface area contributed by atoms with Gasteiger partial charge in [0, 0.05) is 34.9 Å². The molecule has 0 aliphatic heterocycles. The van der Waals surface area contributed by atoms with Crippen molar-refractivity contribution < 1.29 is 0 Å². The van der Waals surface area contributed by atoms with Crippen molar-refractivity contribution in [2.75, 3.05) is 0 Å². The van der Waals surface area contributed by atoms with E-state index in [9.17, 15) is 4.79 Å². The molecule has 26 heavy (non-hydrogen) atoms. The summed E-state index contributed by atoms with van der Waals surface area (Å²) in [4.78, 5) is 19.6. The molecule has 0 N–H and O–H groups in total. The lowest BCUT2D eigenvalue weighted by Gasteiger charge is -2.10. The van der Waals surface area contributed by atoms with E-state index in [0.29, 0.717) is 11.7 Å². The Kier molecular flexibility index (Phi) is 4.12. The van der Waals surface area contributed by atoms with Gasteiger partial charge in [-0.3, -0.25) is 9.20 Å². The lowest BCUT2D eigenvalue weighted by Crippen LogP contribution is -2.17. The fourth-order valence-corrected chi connectivity index (χ4v) is 5.84. The number of aromatic nitrogens is 5. The molecule has 0 aromatic carbocycles. The van der Waals surface area contributed by atoms with Crippen LogP contribution in [0.2, 0.25) is 0 Å². The molecule has 3 aromatic rings. The summed E-state index contributed by atoms with van der Waals surface area (Å²) in [7, 11) is 0. The van der Waals surface area contributed by atoms with Gasteiger partial charge in [-0.25, -0.2) is 4.98 Å². The van der Waals surface area contributed by atoms with Crippen LogP contribution in [0.5, 0.6) is 0 Å². The predicted molar refractivity (Wildman–Crippen MR) is 103 cm³/mol. The Morgan fingerprint density at radius 3 is 2.92 bits per heavy atom. The van der Waals surface area contributed by atoms with Gasteiger partial charge in [0.1, 0.15) is 5.82 Å². The van der Waals surface area contributed by atoms with Gasteiger partial charge in [0.15, 0.2) is 10.1 Å². The van der Waals surface area contributed by atoms with E-state index in [1.165, 1.54) is 36.3 Å². The highest BCUT2D eigenvalue weighted by atomic mass is 32.2. The van der Waals surface area contributed by atoms with Crippen LogP contribution in [-0.4, -0.2) is 24.1 Å². The summed E-state index contributed by atoms with van der Waals surface area (Å²) >= 11 is 3.31. The number of thioether (sulfide) groups is 1. The Bertz CT molecular complexity index is 1030. The van der Waals surface area contributed by atoms with Crippen LogP contribution in [0.3, 0.4) is 0 Å². The van der Waals surface area contributed by atoms with Crippen LogP contribution >= 0.6 is 23.1 Å². The molecule has 0 saturated heterocycles. The van der Waals surface area contributed by atoms with Gasteiger partial charge in [0.25, 0.3) is 5.56 Å². The normalized spacial score (nSPS) is 17.0.